The summed E-state index contributed by atoms with van der Waals surface area (Å²) in [5.41, 5.74) is 2.26. The number of hydrogen-bond acceptors (Lipinski definition) is 3. The number of imidazole rings is 1. The molecule has 0 radical (unpaired) electrons. The van der Waals surface area contributed by atoms with E-state index in [1.807, 2.05) is 42.8 Å². The Bertz CT molecular complexity index is 503. The predicted molar refractivity (Wildman–Crippen MR) is 74.0 cm³/mol. The van der Waals surface area contributed by atoms with Crippen molar-refractivity contribution in [3.63, 3.8) is 0 Å². The van der Waals surface area contributed by atoms with E-state index < -0.39 is 0 Å². The molecule has 0 aliphatic heterocycles. The molecule has 1 N–H and O–H groups in total. The van der Waals surface area contributed by atoms with Crippen molar-refractivity contribution in [2.24, 2.45) is 7.05 Å². The molecule has 0 fully saturated rings. The maximum absolute atomic E-state index is 9.25. The van der Waals surface area contributed by atoms with Gasteiger partial charge >= 0.3 is 0 Å². The molecule has 0 aliphatic rings. The molecule has 0 saturated heterocycles. The van der Waals surface area contributed by atoms with E-state index in [0.717, 1.165) is 24.3 Å². The lowest BCUT2D eigenvalue weighted by Crippen LogP contribution is -2.02. The summed E-state index contributed by atoms with van der Waals surface area (Å²) in [5.74, 6) is 0.849. The number of hydrogen-bond donors (Lipinski definition) is 1. The highest BCUT2D eigenvalue weighted by atomic mass is 16.5. The highest BCUT2D eigenvalue weighted by molar-refractivity contribution is 5.27. The first-order valence-corrected chi connectivity index (χ1v) is 6.50. The molecule has 4 heteroatoms. The van der Waals surface area contributed by atoms with Crippen molar-refractivity contribution in [2.45, 2.75) is 32.5 Å². The molecule has 0 bridgehead atoms. The van der Waals surface area contributed by atoms with Gasteiger partial charge in [0.2, 0.25) is 0 Å². The van der Waals surface area contributed by atoms with Gasteiger partial charge in [-0.05, 0) is 37.5 Å². The van der Waals surface area contributed by atoms with Crippen LogP contribution in [0.25, 0.3) is 0 Å². The van der Waals surface area contributed by atoms with Crippen LogP contribution in [0.3, 0.4) is 0 Å². The number of aliphatic hydroxyl groups is 1. The van der Waals surface area contributed by atoms with Gasteiger partial charge in [-0.15, -0.1) is 0 Å². The SMILES string of the molecule is CC(O)CCc1ccc(OCc2cncn2C)cc1. The van der Waals surface area contributed by atoms with Gasteiger partial charge in [0.1, 0.15) is 12.4 Å². The summed E-state index contributed by atoms with van der Waals surface area (Å²) in [4.78, 5) is 4.05. The molecule has 1 aromatic carbocycles. The number of rotatable bonds is 6. The van der Waals surface area contributed by atoms with Crippen molar-refractivity contribution >= 4 is 0 Å². The van der Waals surface area contributed by atoms with Crippen molar-refractivity contribution in [1.29, 1.82) is 0 Å². The third kappa shape index (κ3) is 4.10. The highest BCUT2D eigenvalue weighted by Crippen LogP contribution is 2.15. The lowest BCUT2D eigenvalue weighted by atomic mass is 10.1. The molecular formula is C15H20N2O2. The molecule has 1 heterocycles. The zero-order chi connectivity index (χ0) is 13.7. The third-order valence-electron chi connectivity index (χ3n) is 3.08. The fourth-order valence-corrected chi connectivity index (χ4v) is 1.81. The maximum Gasteiger partial charge on any atom is 0.130 e. The van der Waals surface area contributed by atoms with Crippen LogP contribution in [-0.2, 0) is 20.1 Å². The Hall–Kier alpha value is -1.81. The molecule has 0 saturated carbocycles. The third-order valence-corrected chi connectivity index (χ3v) is 3.08. The Kier molecular flexibility index (Phi) is 4.58. The first-order chi connectivity index (χ1) is 9.15. The number of nitrogens with zero attached hydrogens (tertiary/aromatic N) is 2. The maximum atomic E-state index is 9.25. The Morgan fingerprint density at radius 3 is 2.63 bits per heavy atom. The number of ether oxygens (including phenoxy) is 1. The molecular weight excluding hydrogens is 240 g/mol. The van der Waals surface area contributed by atoms with E-state index >= 15 is 0 Å². The van der Waals surface area contributed by atoms with Gasteiger partial charge in [-0.1, -0.05) is 12.1 Å². The van der Waals surface area contributed by atoms with E-state index in [2.05, 4.69) is 4.98 Å². The van der Waals surface area contributed by atoms with Crippen molar-refractivity contribution < 1.29 is 9.84 Å². The summed E-state index contributed by atoms with van der Waals surface area (Å²) in [7, 11) is 1.95. The van der Waals surface area contributed by atoms with E-state index in [0.29, 0.717) is 6.61 Å². The minimum atomic E-state index is -0.249. The van der Waals surface area contributed by atoms with E-state index in [1.54, 1.807) is 12.5 Å². The first-order valence-electron chi connectivity index (χ1n) is 6.50. The minimum absolute atomic E-state index is 0.249. The topological polar surface area (TPSA) is 47.3 Å². The van der Waals surface area contributed by atoms with Crippen LogP contribution in [0.15, 0.2) is 36.8 Å². The summed E-state index contributed by atoms with van der Waals surface area (Å²) in [5, 5.41) is 9.25. The Balaban J connectivity index is 1.86. The van der Waals surface area contributed by atoms with Crippen LogP contribution in [0.4, 0.5) is 0 Å². The fraction of sp³-hybridized carbons (Fsp3) is 0.400. The molecule has 0 spiro atoms. The van der Waals surface area contributed by atoms with Crippen LogP contribution >= 0.6 is 0 Å². The van der Waals surface area contributed by atoms with Crippen LogP contribution in [0.5, 0.6) is 5.75 Å². The average Bonchev–Trinajstić information content (AvgIpc) is 2.81. The quantitative estimate of drug-likeness (QED) is 0.867. The Labute approximate surface area is 113 Å². The molecule has 4 nitrogen and oxygen atoms in total. The number of benzene rings is 1. The van der Waals surface area contributed by atoms with Crippen LogP contribution in [0.1, 0.15) is 24.6 Å². The molecule has 1 aromatic heterocycles. The lowest BCUT2D eigenvalue weighted by Gasteiger charge is -2.08. The van der Waals surface area contributed by atoms with Gasteiger partial charge in [0.05, 0.1) is 24.3 Å². The summed E-state index contributed by atoms with van der Waals surface area (Å²) < 4.78 is 7.64. The molecule has 1 atom stereocenters. The second-order valence-electron chi connectivity index (χ2n) is 4.82. The smallest absolute Gasteiger partial charge is 0.130 e. The number of aryl methyl sites for hydroxylation is 2. The largest absolute Gasteiger partial charge is 0.487 e. The van der Waals surface area contributed by atoms with Gasteiger partial charge < -0.3 is 14.4 Å². The van der Waals surface area contributed by atoms with Crippen LogP contribution in [0, 0.1) is 0 Å². The van der Waals surface area contributed by atoms with Crippen LogP contribution < -0.4 is 4.74 Å². The van der Waals surface area contributed by atoms with E-state index in [-0.39, 0.29) is 6.10 Å². The van der Waals surface area contributed by atoms with Crippen LogP contribution in [-0.4, -0.2) is 20.8 Å². The first kappa shape index (κ1) is 13.6. The van der Waals surface area contributed by atoms with Crippen LogP contribution in [0.2, 0.25) is 0 Å². The monoisotopic (exact) mass is 260 g/mol. The van der Waals surface area contributed by atoms with Gasteiger partial charge in [0.15, 0.2) is 0 Å². The molecule has 102 valence electrons. The molecule has 0 amide bonds. The second-order valence-corrected chi connectivity index (χ2v) is 4.82. The minimum Gasteiger partial charge on any atom is -0.487 e. The van der Waals surface area contributed by atoms with Gasteiger partial charge in [-0.3, -0.25) is 0 Å². The molecule has 19 heavy (non-hydrogen) atoms. The zero-order valence-corrected chi connectivity index (χ0v) is 11.4. The van der Waals surface area contributed by atoms with Gasteiger partial charge in [0.25, 0.3) is 0 Å². The molecule has 2 rings (SSSR count). The summed E-state index contributed by atoms with van der Waals surface area (Å²) >= 11 is 0. The molecule has 1 unspecified atom stereocenters. The standard InChI is InChI=1S/C15H20N2O2/c1-12(18)3-4-13-5-7-15(8-6-13)19-10-14-9-16-11-17(14)2/h5-9,11-12,18H,3-4,10H2,1-2H3. The number of aromatic nitrogens is 2. The van der Waals surface area contributed by atoms with Crippen molar-refractivity contribution in [2.75, 3.05) is 0 Å². The summed E-state index contributed by atoms with van der Waals surface area (Å²) in [6, 6.07) is 8.02. The van der Waals surface area contributed by atoms with E-state index in [4.69, 9.17) is 4.74 Å². The normalized spacial score (nSPS) is 12.4. The predicted octanol–water partition coefficient (Wildman–Crippen LogP) is 2.31. The highest BCUT2D eigenvalue weighted by Gasteiger charge is 2.01. The Morgan fingerprint density at radius 2 is 2.05 bits per heavy atom. The average molecular weight is 260 g/mol. The molecule has 2 aromatic rings. The molecule has 0 aliphatic carbocycles. The van der Waals surface area contributed by atoms with Crippen molar-refractivity contribution in [3.05, 3.63) is 48.0 Å². The van der Waals surface area contributed by atoms with E-state index in [9.17, 15) is 5.11 Å². The number of aliphatic hydroxyl groups excluding tert-OH is 1. The van der Waals surface area contributed by atoms with E-state index in [1.165, 1.54) is 5.56 Å². The van der Waals surface area contributed by atoms with Gasteiger partial charge in [0, 0.05) is 7.05 Å². The van der Waals surface area contributed by atoms with Crippen molar-refractivity contribution in [3.8, 4) is 5.75 Å². The zero-order valence-electron chi connectivity index (χ0n) is 11.4. The van der Waals surface area contributed by atoms with Gasteiger partial charge in [-0.25, -0.2) is 4.98 Å². The lowest BCUT2D eigenvalue weighted by molar-refractivity contribution is 0.185. The van der Waals surface area contributed by atoms with Gasteiger partial charge in [-0.2, -0.15) is 0 Å². The van der Waals surface area contributed by atoms with Crippen molar-refractivity contribution in [1.82, 2.24) is 9.55 Å². The summed E-state index contributed by atoms with van der Waals surface area (Å²) in [6.07, 6.45) is 4.99. The fourth-order valence-electron chi connectivity index (χ4n) is 1.81. The Morgan fingerprint density at radius 1 is 1.32 bits per heavy atom. The second kappa shape index (κ2) is 6.38. The summed E-state index contributed by atoms with van der Waals surface area (Å²) in [6.45, 7) is 2.33.